The van der Waals surface area contributed by atoms with Crippen molar-refractivity contribution >= 4 is 23.1 Å². The van der Waals surface area contributed by atoms with Crippen LogP contribution < -0.4 is 19.1 Å². The lowest BCUT2D eigenvalue weighted by molar-refractivity contribution is -0.122. The zero-order valence-electron chi connectivity index (χ0n) is 18.2. The summed E-state index contributed by atoms with van der Waals surface area (Å²) < 4.78 is 16.5. The molecule has 4 rings (SSSR count). The fourth-order valence-corrected chi connectivity index (χ4v) is 3.92. The number of aromatic nitrogens is 2. The van der Waals surface area contributed by atoms with Gasteiger partial charge in [0.05, 0.1) is 38.7 Å². The Morgan fingerprint density at radius 2 is 1.68 bits per heavy atom. The summed E-state index contributed by atoms with van der Waals surface area (Å²) in [5.41, 5.74) is 5.65. The molecule has 31 heavy (non-hydrogen) atoms. The zero-order valence-corrected chi connectivity index (χ0v) is 18.2. The normalized spacial score (nSPS) is 12.5. The van der Waals surface area contributed by atoms with Crippen LogP contribution in [0.3, 0.4) is 0 Å². The van der Waals surface area contributed by atoms with E-state index in [9.17, 15) is 0 Å². The lowest BCUT2D eigenvalue weighted by Gasteiger charge is -2.31. The molecule has 0 fully saturated rings. The molecule has 0 saturated heterocycles. The number of anilines is 1. The number of ether oxygens (including phenoxy) is 3. The molecule has 0 unspecified atom stereocenters. The predicted molar refractivity (Wildman–Crippen MR) is 118 cm³/mol. The average Bonchev–Trinajstić information content (AvgIpc) is 2.81. The monoisotopic (exact) mass is 425 g/mol. The van der Waals surface area contributed by atoms with Crippen LogP contribution in [0.5, 0.6) is 17.2 Å². The van der Waals surface area contributed by atoms with Crippen LogP contribution in [0.15, 0.2) is 30.5 Å². The van der Waals surface area contributed by atoms with Crippen LogP contribution in [0.1, 0.15) is 23.6 Å². The maximum atomic E-state index is 8.36. The Labute approximate surface area is 181 Å². The molecule has 3 aromatic rings. The molecule has 1 aliphatic heterocycles. The van der Waals surface area contributed by atoms with Crippen molar-refractivity contribution in [3.63, 3.8) is 0 Å². The van der Waals surface area contributed by atoms with Gasteiger partial charge in [-0.3, -0.25) is 4.79 Å². The highest BCUT2D eigenvalue weighted by Gasteiger charge is 2.22. The first-order valence-electron chi connectivity index (χ1n) is 9.98. The molecule has 1 aromatic heterocycles. The van der Waals surface area contributed by atoms with Gasteiger partial charge >= 0.3 is 0 Å². The fraction of sp³-hybridized carbons (Fsp3) is 0.348. The third-order valence-corrected chi connectivity index (χ3v) is 5.46. The number of nitrogens with zero attached hydrogens (tertiary/aromatic N) is 3. The molecule has 0 bridgehead atoms. The van der Waals surface area contributed by atoms with Gasteiger partial charge in [0.15, 0.2) is 11.5 Å². The van der Waals surface area contributed by atoms with Gasteiger partial charge in [0.1, 0.15) is 5.75 Å². The minimum absolute atomic E-state index is 0.250. The molecule has 2 heterocycles. The number of benzene rings is 2. The topological polar surface area (TPSA) is 94.0 Å². The molecule has 8 heteroatoms. The van der Waals surface area contributed by atoms with Crippen LogP contribution in [-0.2, 0) is 24.2 Å². The summed E-state index contributed by atoms with van der Waals surface area (Å²) in [6.45, 7) is 3.56. The Bertz CT molecular complexity index is 1070. The molecule has 164 valence electrons. The van der Waals surface area contributed by atoms with E-state index in [1.54, 1.807) is 21.3 Å². The van der Waals surface area contributed by atoms with Crippen molar-refractivity contribution in [2.75, 3.05) is 32.8 Å². The SMILES string of the molecule is CCc1cc2nncc(N3CCc4cc(OC)c(OC)cc4C3)c2cc1OC.O=CO. The third-order valence-electron chi connectivity index (χ3n) is 5.46. The molecule has 0 saturated carbocycles. The van der Waals surface area contributed by atoms with Crippen molar-refractivity contribution < 1.29 is 24.1 Å². The zero-order chi connectivity index (χ0) is 22.4. The van der Waals surface area contributed by atoms with Crippen molar-refractivity contribution in [1.29, 1.82) is 0 Å². The van der Waals surface area contributed by atoms with Gasteiger partial charge in [0.25, 0.3) is 6.47 Å². The minimum Gasteiger partial charge on any atom is -0.496 e. The van der Waals surface area contributed by atoms with Gasteiger partial charge in [0.2, 0.25) is 0 Å². The van der Waals surface area contributed by atoms with Crippen LogP contribution >= 0.6 is 0 Å². The summed E-state index contributed by atoms with van der Waals surface area (Å²) in [4.78, 5) is 10.7. The second kappa shape index (κ2) is 9.97. The number of fused-ring (bicyclic) bond motifs is 2. The van der Waals surface area contributed by atoms with Crippen LogP contribution in [-0.4, -0.2) is 49.7 Å². The number of carboxylic acid groups (broad SMARTS) is 1. The summed E-state index contributed by atoms with van der Waals surface area (Å²) in [7, 11) is 5.06. The summed E-state index contributed by atoms with van der Waals surface area (Å²) >= 11 is 0. The fourth-order valence-electron chi connectivity index (χ4n) is 3.92. The molecule has 2 aromatic carbocycles. The third kappa shape index (κ3) is 4.47. The van der Waals surface area contributed by atoms with Crippen molar-refractivity contribution in [3.8, 4) is 17.2 Å². The van der Waals surface area contributed by atoms with Gasteiger partial charge in [-0.05, 0) is 53.8 Å². The number of rotatable bonds is 5. The van der Waals surface area contributed by atoms with E-state index in [0.29, 0.717) is 0 Å². The molecule has 1 N–H and O–H groups in total. The van der Waals surface area contributed by atoms with E-state index in [4.69, 9.17) is 24.1 Å². The molecule has 0 aliphatic carbocycles. The molecule has 0 amide bonds. The van der Waals surface area contributed by atoms with Gasteiger partial charge in [-0.1, -0.05) is 6.92 Å². The van der Waals surface area contributed by atoms with Crippen molar-refractivity contribution in [3.05, 3.63) is 47.2 Å². The maximum Gasteiger partial charge on any atom is 0.290 e. The number of hydrogen-bond donors (Lipinski definition) is 1. The smallest absolute Gasteiger partial charge is 0.290 e. The Kier molecular flexibility index (Phi) is 7.12. The Morgan fingerprint density at radius 3 is 2.29 bits per heavy atom. The number of methoxy groups -OCH3 is 3. The first-order valence-corrected chi connectivity index (χ1v) is 9.98. The Morgan fingerprint density at radius 1 is 1.03 bits per heavy atom. The summed E-state index contributed by atoms with van der Waals surface area (Å²) in [6.07, 6.45) is 3.67. The van der Waals surface area contributed by atoms with E-state index in [1.807, 2.05) is 6.20 Å². The first-order chi connectivity index (χ1) is 15.1. The number of carbonyl (C=O) groups is 1. The molecule has 1 aliphatic rings. The minimum atomic E-state index is -0.250. The molecular weight excluding hydrogens is 398 g/mol. The predicted octanol–water partition coefficient (Wildman–Crippen LogP) is 3.48. The molecule has 0 radical (unpaired) electrons. The van der Waals surface area contributed by atoms with Gasteiger partial charge < -0.3 is 24.2 Å². The lowest BCUT2D eigenvalue weighted by Crippen LogP contribution is -2.30. The van der Waals surface area contributed by atoms with Crippen LogP contribution in [0.25, 0.3) is 10.9 Å². The molecule has 0 atom stereocenters. The standard InChI is InChI=1S/C22H25N3O3.CH2O2/c1-5-14-8-18-17(11-20(14)26-2)19(12-23-24-18)25-7-6-15-9-21(27-3)22(28-4)10-16(15)13-25;2-1-3/h8-12H,5-7,13H2,1-4H3;1H,(H,2,3). The summed E-state index contributed by atoms with van der Waals surface area (Å²) in [5, 5.41) is 16.6. The largest absolute Gasteiger partial charge is 0.496 e. The Balaban J connectivity index is 0.000000858. The van der Waals surface area contributed by atoms with E-state index in [1.165, 1.54) is 11.1 Å². The average molecular weight is 425 g/mol. The Hall–Kier alpha value is -3.55. The van der Waals surface area contributed by atoms with E-state index < -0.39 is 0 Å². The van der Waals surface area contributed by atoms with Gasteiger partial charge in [-0.2, -0.15) is 10.2 Å². The lowest BCUT2D eigenvalue weighted by atomic mass is 9.98. The molecular formula is C23H27N3O5. The van der Waals surface area contributed by atoms with Gasteiger partial charge in [0, 0.05) is 18.5 Å². The summed E-state index contributed by atoms with van der Waals surface area (Å²) in [6, 6.07) is 8.33. The van der Waals surface area contributed by atoms with Crippen LogP contribution in [0.4, 0.5) is 5.69 Å². The quantitative estimate of drug-likeness (QED) is 0.621. The second-order valence-electron chi connectivity index (χ2n) is 7.02. The van der Waals surface area contributed by atoms with Gasteiger partial charge in [-0.25, -0.2) is 0 Å². The van der Waals surface area contributed by atoms with Crippen LogP contribution in [0, 0.1) is 0 Å². The number of aryl methyl sites for hydroxylation is 1. The van der Waals surface area contributed by atoms with Crippen molar-refractivity contribution in [2.45, 2.75) is 26.3 Å². The van der Waals surface area contributed by atoms with Crippen molar-refractivity contribution in [2.24, 2.45) is 0 Å². The highest BCUT2D eigenvalue weighted by atomic mass is 16.5. The highest BCUT2D eigenvalue weighted by molar-refractivity contribution is 5.92. The highest BCUT2D eigenvalue weighted by Crippen LogP contribution is 2.37. The van der Waals surface area contributed by atoms with E-state index in [2.05, 4.69) is 46.3 Å². The van der Waals surface area contributed by atoms with Gasteiger partial charge in [-0.15, -0.1) is 0 Å². The molecule has 8 nitrogen and oxygen atoms in total. The van der Waals surface area contributed by atoms with E-state index >= 15 is 0 Å². The van der Waals surface area contributed by atoms with Crippen molar-refractivity contribution in [1.82, 2.24) is 10.2 Å². The first kappa shape index (κ1) is 22.1. The molecule has 0 spiro atoms. The van der Waals surface area contributed by atoms with E-state index in [-0.39, 0.29) is 6.47 Å². The van der Waals surface area contributed by atoms with E-state index in [0.717, 1.165) is 65.3 Å². The number of hydrogen-bond acceptors (Lipinski definition) is 7. The van der Waals surface area contributed by atoms with Crippen LogP contribution in [0.2, 0.25) is 0 Å². The second-order valence-corrected chi connectivity index (χ2v) is 7.02. The summed E-state index contributed by atoms with van der Waals surface area (Å²) in [5.74, 6) is 2.44. The maximum absolute atomic E-state index is 8.36.